The van der Waals surface area contributed by atoms with E-state index in [4.69, 9.17) is 5.73 Å². The van der Waals surface area contributed by atoms with Gasteiger partial charge in [-0.3, -0.25) is 9.69 Å². The number of nitrogens with zero attached hydrogens (tertiary/aromatic N) is 1. The van der Waals surface area contributed by atoms with Gasteiger partial charge in [0.2, 0.25) is 5.91 Å². The molecule has 0 saturated carbocycles. The Kier molecular flexibility index (Phi) is 7.50. The standard InChI is InChI=1S/C15H31N3O.ClH/c1-6-9-15(5,16)13(19)17-12-7-10-18(11-8-12)14(2,3)4;/h12H,6-11,16H2,1-5H3,(H,17,19);1H. The number of nitrogens with one attached hydrogen (secondary N) is 1. The van der Waals surface area contributed by atoms with Crippen molar-refractivity contribution in [2.24, 2.45) is 5.73 Å². The van der Waals surface area contributed by atoms with E-state index in [1.807, 2.05) is 6.92 Å². The molecule has 1 heterocycles. The molecule has 1 saturated heterocycles. The molecular weight excluding hydrogens is 274 g/mol. The van der Waals surface area contributed by atoms with Gasteiger partial charge in [0, 0.05) is 24.7 Å². The molecule has 1 fully saturated rings. The Morgan fingerprint density at radius 1 is 1.25 bits per heavy atom. The van der Waals surface area contributed by atoms with Crippen molar-refractivity contribution in [3.63, 3.8) is 0 Å². The maximum atomic E-state index is 12.2. The van der Waals surface area contributed by atoms with E-state index in [2.05, 4.69) is 37.9 Å². The molecule has 5 heteroatoms. The third kappa shape index (κ3) is 5.58. The lowest BCUT2D eigenvalue weighted by Crippen LogP contribution is -2.57. The van der Waals surface area contributed by atoms with Crippen molar-refractivity contribution in [2.45, 2.75) is 77.4 Å². The highest BCUT2D eigenvalue weighted by Gasteiger charge is 2.32. The van der Waals surface area contributed by atoms with Crippen LogP contribution in [0.2, 0.25) is 0 Å². The summed E-state index contributed by atoms with van der Waals surface area (Å²) in [6.45, 7) is 12.7. The Morgan fingerprint density at radius 2 is 1.75 bits per heavy atom. The van der Waals surface area contributed by atoms with Crippen LogP contribution >= 0.6 is 12.4 Å². The summed E-state index contributed by atoms with van der Waals surface area (Å²) in [7, 11) is 0. The molecule has 1 atom stereocenters. The van der Waals surface area contributed by atoms with Gasteiger partial charge in [-0.1, -0.05) is 13.3 Å². The Morgan fingerprint density at radius 3 is 2.15 bits per heavy atom. The zero-order valence-corrected chi connectivity index (χ0v) is 14.5. The molecule has 3 N–H and O–H groups in total. The number of hydrogen-bond acceptors (Lipinski definition) is 3. The number of carbonyl (C=O) groups is 1. The highest BCUT2D eigenvalue weighted by molar-refractivity contribution is 5.86. The maximum absolute atomic E-state index is 12.2. The van der Waals surface area contributed by atoms with Gasteiger partial charge in [0.15, 0.2) is 0 Å². The van der Waals surface area contributed by atoms with Gasteiger partial charge in [0.05, 0.1) is 5.54 Å². The van der Waals surface area contributed by atoms with E-state index in [1.54, 1.807) is 0 Å². The van der Waals surface area contributed by atoms with Crippen LogP contribution in [0.25, 0.3) is 0 Å². The van der Waals surface area contributed by atoms with Crippen LogP contribution in [0.5, 0.6) is 0 Å². The highest BCUT2D eigenvalue weighted by atomic mass is 35.5. The van der Waals surface area contributed by atoms with Crippen LogP contribution in [0.1, 0.15) is 60.3 Å². The van der Waals surface area contributed by atoms with Gasteiger partial charge in [-0.2, -0.15) is 0 Å². The van der Waals surface area contributed by atoms with Gasteiger partial charge in [0.25, 0.3) is 0 Å². The van der Waals surface area contributed by atoms with Crippen LogP contribution < -0.4 is 11.1 Å². The molecule has 0 aromatic carbocycles. The minimum absolute atomic E-state index is 0. The van der Waals surface area contributed by atoms with Gasteiger partial charge in [0.1, 0.15) is 0 Å². The second-order valence-electron chi connectivity index (χ2n) is 7.07. The van der Waals surface area contributed by atoms with Gasteiger partial charge in [-0.25, -0.2) is 0 Å². The predicted molar refractivity (Wildman–Crippen MR) is 87.2 cm³/mol. The minimum atomic E-state index is -0.726. The van der Waals surface area contributed by atoms with E-state index in [9.17, 15) is 4.79 Å². The summed E-state index contributed by atoms with van der Waals surface area (Å²) in [5, 5.41) is 3.13. The first-order chi connectivity index (χ1) is 8.66. The normalized spacial score (nSPS) is 20.9. The molecule has 0 bridgehead atoms. The van der Waals surface area contributed by atoms with Crippen molar-refractivity contribution in [3.05, 3.63) is 0 Å². The average molecular weight is 306 g/mol. The molecule has 4 nitrogen and oxygen atoms in total. The average Bonchev–Trinajstić information content (AvgIpc) is 2.28. The molecule has 0 aromatic rings. The van der Waals surface area contributed by atoms with Crippen molar-refractivity contribution in [1.82, 2.24) is 10.2 Å². The molecule has 1 rings (SSSR count). The molecule has 1 aliphatic heterocycles. The van der Waals surface area contributed by atoms with Crippen molar-refractivity contribution >= 4 is 18.3 Å². The quantitative estimate of drug-likeness (QED) is 0.838. The van der Waals surface area contributed by atoms with Crippen LogP contribution in [0.15, 0.2) is 0 Å². The highest BCUT2D eigenvalue weighted by Crippen LogP contribution is 2.20. The van der Waals surface area contributed by atoms with Crippen LogP contribution in [-0.2, 0) is 4.79 Å². The fourth-order valence-electron chi connectivity index (χ4n) is 2.68. The van der Waals surface area contributed by atoms with E-state index in [0.29, 0.717) is 0 Å². The zero-order chi connectivity index (χ0) is 14.7. The molecule has 0 aromatic heterocycles. The fourth-order valence-corrected chi connectivity index (χ4v) is 2.68. The second-order valence-corrected chi connectivity index (χ2v) is 7.07. The molecule has 1 unspecified atom stereocenters. The number of carbonyl (C=O) groups excluding carboxylic acids is 1. The van der Waals surface area contributed by atoms with Crippen LogP contribution in [-0.4, -0.2) is 41.0 Å². The van der Waals surface area contributed by atoms with E-state index >= 15 is 0 Å². The van der Waals surface area contributed by atoms with E-state index in [-0.39, 0.29) is 29.9 Å². The Hall–Kier alpha value is -0.320. The molecule has 20 heavy (non-hydrogen) atoms. The van der Waals surface area contributed by atoms with Gasteiger partial charge in [-0.15, -0.1) is 12.4 Å². The Labute approximate surface area is 130 Å². The molecule has 0 radical (unpaired) electrons. The molecule has 120 valence electrons. The molecule has 0 aliphatic carbocycles. The number of halogens is 1. The minimum Gasteiger partial charge on any atom is -0.352 e. The second kappa shape index (κ2) is 7.62. The first-order valence-corrected chi connectivity index (χ1v) is 7.51. The lowest BCUT2D eigenvalue weighted by molar-refractivity contribution is -0.127. The van der Waals surface area contributed by atoms with Gasteiger partial charge >= 0.3 is 0 Å². The molecule has 0 spiro atoms. The summed E-state index contributed by atoms with van der Waals surface area (Å²) in [6.07, 6.45) is 3.71. The number of rotatable bonds is 4. The lowest BCUT2D eigenvalue weighted by atomic mass is 9.94. The molecular formula is C15H32ClN3O. The Bertz CT molecular complexity index is 305. The van der Waals surface area contributed by atoms with Crippen molar-refractivity contribution < 1.29 is 4.79 Å². The summed E-state index contributed by atoms with van der Waals surface area (Å²) in [6, 6.07) is 0.283. The van der Waals surface area contributed by atoms with Crippen molar-refractivity contribution in [1.29, 1.82) is 0 Å². The SMILES string of the molecule is CCCC(C)(N)C(=O)NC1CCN(C(C)(C)C)CC1.Cl. The van der Waals surface area contributed by atoms with E-state index in [1.165, 1.54) is 0 Å². The van der Waals surface area contributed by atoms with Crippen molar-refractivity contribution in [2.75, 3.05) is 13.1 Å². The van der Waals surface area contributed by atoms with Gasteiger partial charge < -0.3 is 11.1 Å². The van der Waals surface area contributed by atoms with E-state index < -0.39 is 5.54 Å². The van der Waals surface area contributed by atoms with Crippen LogP contribution in [0.4, 0.5) is 0 Å². The number of likely N-dealkylation sites (tertiary alicyclic amines) is 1. The number of amides is 1. The van der Waals surface area contributed by atoms with E-state index in [0.717, 1.165) is 38.8 Å². The maximum Gasteiger partial charge on any atom is 0.240 e. The summed E-state index contributed by atoms with van der Waals surface area (Å²) in [4.78, 5) is 14.6. The summed E-state index contributed by atoms with van der Waals surface area (Å²) in [5.74, 6) is 0.00330. The monoisotopic (exact) mass is 305 g/mol. The Balaban J connectivity index is 0.00000361. The summed E-state index contributed by atoms with van der Waals surface area (Å²) < 4.78 is 0. The first-order valence-electron chi connectivity index (χ1n) is 7.51. The molecule has 1 aliphatic rings. The van der Waals surface area contributed by atoms with Gasteiger partial charge in [-0.05, 0) is 47.0 Å². The summed E-state index contributed by atoms with van der Waals surface area (Å²) >= 11 is 0. The number of hydrogen-bond donors (Lipinski definition) is 2. The fraction of sp³-hybridized carbons (Fsp3) is 0.933. The zero-order valence-electron chi connectivity index (χ0n) is 13.7. The largest absolute Gasteiger partial charge is 0.352 e. The number of nitrogens with two attached hydrogens (primary N) is 1. The van der Waals surface area contributed by atoms with Crippen LogP contribution in [0, 0.1) is 0 Å². The third-order valence-corrected chi connectivity index (χ3v) is 4.07. The smallest absolute Gasteiger partial charge is 0.240 e. The molecule has 1 amide bonds. The third-order valence-electron chi connectivity index (χ3n) is 4.07. The predicted octanol–water partition coefficient (Wildman–Crippen LogP) is 2.30. The summed E-state index contributed by atoms with van der Waals surface area (Å²) in [5.41, 5.74) is 5.56. The van der Waals surface area contributed by atoms with Crippen LogP contribution in [0.3, 0.4) is 0 Å². The lowest BCUT2D eigenvalue weighted by Gasteiger charge is -2.41. The number of piperidine rings is 1. The first kappa shape index (κ1) is 19.7. The van der Waals surface area contributed by atoms with Crippen molar-refractivity contribution in [3.8, 4) is 0 Å². The topological polar surface area (TPSA) is 58.4 Å².